The van der Waals surface area contributed by atoms with Gasteiger partial charge in [0.1, 0.15) is 6.07 Å². The van der Waals surface area contributed by atoms with Gasteiger partial charge >= 0.3 is 0 Å². The van der Waals surface area contributed by atoms with Crippen molar-refractivity contribution in [2.24, 2.45) is 0 Å². The summed E-state index contributed by atoms with van der Waals surface area (Å²) in [6, 6.07) is -0.150. The molecule has 0 rings (SSSR count). The van der Waals surface area contributed by atoms with Crippen LogP contribution < -0.4 is 0 Å². The van der Waals surface area contributed by atoms with Gasteiger partial charge in [-0.05, 0) is 0 Å². The molecule has 0 aliphatic rings. The van der Waals surface area contributed by atoms with Crippen LogP contribution in [0, 0.1) is 0 Å². The summed E-state index contributed by atoms with van der Waals surface area (Å²) in [5.74, 6) is 0. The van der Waals surface area contributed by atoms with E-state index in [9.17, 15) is 0 Å². The van der Waals surface area contributed by atoms with Gasteiger partial charge in [0.2, 0.25) is 4.52 Å². The van der Waals surface area contributed by atoms with Crippen molar-refractivity contribution in [3.8, 4) is 0 Å². The van der Waals surface area contributed by atoms with Crippen LogP contribution in [0.4, 0.5) is 0 Å². The van der Waals surface area contributed by atoms with Crippen molar-refractivity contribution < 1.29 is 4.74 Å². The van der Waals surface area contributed by atoms with Gasteiger partial charge in [-0.2, -0.15) is 0 Å². The predicted molar refractivity (Wildman–Crippen MR) is 41.7 cm³/mol. The van der Waals surface area contributed by atoms with Crippen molar-refractivity contribution in [2.75, 3.05) is 6.07 Å². The second-order valence-corrected chi connectivity index (χ2v) is 3.75. The molecule has 0 aliphatic carbocycles. The van der Waals surface area contributed by atoms with E-state index in [0.717, 1.165) is 0 Å². The highest BCUT2D eigenvalue weighted by atomic mass is 35.5. The number of hydrogen-bond acceptors (Lipinski definition) is 1. The van der Waals surface area contributed by atoms with Crippen LogP contribution in [-0.2, 0) is 4.74 Å². The number of ether oxygens (including phenoxy) is 1. The Kier molecular flexibility index (Phi) is 5.00. The summed E-state index contributed by atoms with van der Waals surface area (Å²) in [5.41, 5.74) is 0. The van der Waals surface area contributed by atoms with Crippen LogP contribution in [0.25, 0.3) is 0 Å². The zero-order valence-electron chi connectivity index (χ0n) is 4.08. The summed E-state index contributed by atoms with van der Waals surface area (Å²) in [6.45, 7) is 0. The van der Waals surface area contributed by atoms with Crippen molar-refractivity contribution in [3.63, 3.8) is 0 Å². The van der Waals surface area contributed by atoms with Crippen molar-refractivity contribution in [1.29, 1.82) is 0 Å². The smallest absolute Gasteiger partial charge is 0.249 e. The van der Waals surface area contributed by atoms with Gasteiger partial charge in [-0.3, -0.25) is 0 Å². The van der Waals surface area contributed by atoms with Crippen molar-refractivity contribution in [2.45, 2.75) is 9.36 Å². The molecule has 0 atom stereocenters. The lowest BCUT2D eigenvalue weighted by atomic mass is 10.8. The average Bonchev–Trinajstić information content (AvgIpc) is 1.65. The van der Waals surface area contributed by atoms with Crippen LogP contribution in [-0.4, -0.2) is 15.4 Å². The van der Waals surface area contributed by atoms with Crippen LogP contribution in [0.2, 0.25) is 0 Å². The molecule has 0 unspecified atom stereocenters. The molecule has 0 saturated carbocycles. The molecule has 0 bridgehead atoms. The SMILES string of the molecule is ClCOC(Cl)(Cl)C(Cl)Cl. The van der Waals surface area contributed by atoms with Gasteiger partial charge in [-0.25, -0.2) is 0 Å². The highest BCUT2D eigenvalue weighted by Gasteiger charge is 2.32. The average molecular weight is 232 g/mol. The molecule has 0 spiro atoms. The van der Waals surface area contributed by atoms with E-state index in [1.54, 1.807) is 0 Å². The number of rotatable bonds is 3. The third-order valence-corrected chi connectivity index (χ3v) is 2.33. The van der Waals surface area contributed by atoms with Gasteiger partial charge in [-0.15, -0.1) is 0 Å². The molecular weight excluding hydrogens is 229 g/mol. The molecule has 0 amide bonds. The van der Waals surface area contributed by atoms with E-state index >= 15 is 0 Å². The fourth-order valence-corrected chi connectivity index (χ4v) is 0.655. The largest absolute Gasteiger partial charge is 0.328 e. The summed E-state index contributed by atoms with van der Waals surface area (Å²) < 4.78 is 2.92. The van der Waals surface area contributed by atoms with E-state index in [4.69, 9.17) is 58.0 Å². The second kappa shape index (κ2) is 4.32. The minimum Gasteiger partial charge on any atom is -0.328 e. The van der Waals surface area contributed by atoms with E-state index in [0.29, 0.717) is 0 Å². The zero-order valence-corrected chi connectivity index (χ0v) is 7.86. The minimum atomic E-state index is -1.61. The van der Waals surface area contributed by atoms with Crippen LogP contribution in [0.5, 0.6) is 0 Å². The molecule has 0 fully saturated rings. The lowest BCUT2D eigenvalue weighted by Gasteiger charge is -2.18. The first-order chi connectivity index (χ1) is 4.00. The zero-order chi connectivity index (χ0) is 7.49. The van der Waals surface area contributed by atoms with Gasteiger partial charge in [0, 0.05) is 0 Å². The van der Waals surface area contributed by atoms with Gasteiger partial charge in [0.25, 0.3) is 0 Å². The van der Waals surface area contributed by atoms with Crippen LogP contribution in [0.3, 0.4) is 0 Å². The molecule has 0 aliphatic heterocycles. The minimum absolute atomic E-state index is 0.150. The summed E-state index contributed by atoms with van der Waals surface area (Å²) in [7, 11) is 0. The molecule has 9 heavy (non-hydrogen) atoms. The van der Waals surface area contributed by atoms with E-state index in [-0.39, 0.29) is 6.07 Å². The highest BCUT2D eigenvalue weighted by Crippen LogP contribution is 2.33. The Bertz CT molecular complexity index is 82.3. The third-order valence-electron chi connectivity index (χ3n) is 0.501. The standard InChI is InChI=1S/C3H3Cl5O/c4-1-9-3(7,8)2(5)6/h2H,1H2. The predicted octanol–water partition coefficient (Wildman–Crippen LogP) is 3.13. The quantitative estimate of drug-likeness (QED) is 0.679. The van der Waals surface area contributed by atoms with Crippen molar-refractivity contribution in [3.05, 3.63) is 0 Å². The molecule has 6 heteroatoms. The summed E-state index contributed by atoms with van der Waals surface area (Å²) in [6.07, 6.45) is 0. The molecule has 0 aromatic rings. The maximum atomic E-state index is 5.37. The fraction of sp³-hybridized carbons (Fsp3) is 1.00. The maximum Gasteiger partial charge on any atom is 0.249 e. The van der Waals surface area contributed by atoms with E-state index in [1.165, 1.54) is 0 Å². The Hall–Kier alpha value is 1.41. The summed E-state index contributed by atoms with van der Waals surface area (Å²) >= 11 is 26.4. The Morgan fingerprint density at radius 2 is 1.78 bits per heavy atom. The third kappa shape index (κ3) is 3.97. The summed E-state index contributed by atoms with van der Waals surface area (Å²) in [5, 5.41) is 0. The summed E-state index contributed by atoms with van der Waals surface area (Å²) in [4.78, 5) is -1.01. The van der Waals surface area contributed by atoms with Gasteiger partial charge in [-0.1, -0.05) is 58.0 Å². The molecule has 1 nitrogen and oxygen atoms in total. The van der Waals surface area contributed by atoms with Crippen LogP contribution >= 0.6 is 58.0 Å². The van der Waals surface area contributed by atoms with E-state index in [2.05, 4.69) is 4.74 Å². The van der Waals surface area contributed by atoms with Gasteiger partial charge < -0.3 is 4.74 Å². The molecular formula is C3H3Cl5O. The van der Waals surface area contributed by atoms with Crippen LogP contribution in [0.1, 0.15) is 0 Å². The number of alkyl halides is 5. The van der Waals surface area contributed by atoms with Gasteiger partial charge in [0.05, 0.1) is 0 Å². The van der Waals surface area contributed by atoms with Crippen molar-refractivity contribution in [1.82, 2.24) is 0 Å². The normalized spacial score (nSPS) is 12.7. The van der Waals surface area contributed by atoms with E-state index in [1.807, 2.05) is 0 Å². The van der Waals surface area contributed by atoms with Crippen molar-refractivity contribution >= 4 is 58.0 Å². The maximum absolute atomic E-state index is 5.37. The molecule has 0 heterocycles. The lowest BCUT2D eigenvalue weighted by molar-refractivity contribution is 0.126. The topological polar surface area (TPSA) is 9.23 Å². The Morgan fingerprint density at radius 1 is 1.33 bits per heavy atom. The molecule has 0 aromatic heterocycles. The molecule has 0 saturated heterocycles. The lowest BCUT2D eigenvalue weighted by Crippen LogP contribution is -2.25. The molecule has 56 valence electrons. The Labute approximate surface area is 78.1 Å². The van der Waals surface area contributed by atoms with Gasteiger partial charge in [0.15, 0.2) is 4.84 Å². The Balaban J connectivity index is 3.70. The highest BCUT2D eigenvalue weighted by molar-refractivity contribution is 6.59. The van der Waals surface area contributed by atoms with Crippen LogP contribution in [0.15, 0.2) is 0 Å². The number of halogens is 5. The molecule has 0 N–H and O–H groups in total. The molecule has 0 aromatic carbocycles. The first-order valence-electron chi connectivity index (χ1n) is 1.86. The fourth-order valence-electron chi connectivity index (χ4n) is 0.136. The number of hydrogen-bond donors (Lipinski definition) is 0. The first-order valence-corrected chi connectivity index (χ1v) is 4.03. The first kappa shape index (κ1) is 10.4. The monoisotopic (exact) mass is 230 g/mol. The van der Waals surface area contributed by atoms with E-state index < -0.39 is 9.36 Å². The molecule has 0 radical (unpaired) electrons. The Morgan fingerprint density at radius 3 is 1.89 bits per heavy atom. The second-order valence-electron chi connectivity index (χ2n) is 1.12.